The van der Waals surface area contributed by atoms with Gasteiger partial charge in [0.2, 0.25) is 0 Å². The predicted octanol–water partition coefficient (Wildman–Crippen LogP) is 1.80. The number of aliphatic hydroxyl groups excluding tert-OH is 1. The minimum absolute atomic E-state index is 0.0992. The van der Waals surface area contributed by atoms with Gasteiger partial charge in [0.15, 0.2) is 17.7 Å². The zero-order chi connectivity index (χ0) is 12.3. The first-order valence-corrected chi connectivity index (χ1v) is 5.15. The summed E-state index contributed by atoms with van der Waals surface area (Å²) in [5.41, 5.74) is -0.0992. The maximum atomic E-state index is 13.3. The molecule has 0 spiro atoms. The van der Waals surface area contributed by atoms with Crippen LogP contribution in [0.4, 0.5) is 8.78 Å². The maximum Gasteiger partial charge on any atom is 0.335 e. The van der Waals surface area contributed by atoms with Crippen LogP contribution in [0.5, 0.6) is 0 Å². The van der Waals surface area contributed by atoms with E-state index in [1.807, 2.05) is 0 Å². The summed E-state index contributed by atoms with van der Waals surface area (Å²) in [5, 5.41) is 9.33. The summed E-state index contributed by atoms with van der Waals surface area (Å²) in [4.78, 5) is 10.9. The Kier molecular flexibility index (Phi) is 4.37. The second-order valence-electron chi connectivity index (χ2n) is 3.06. The summed E-state index contributed by atoms with van der Waals surface area (Å²) in [6, 6.07) is 2.26. The molecule has 0 aromatic heterocycles. The lowest BCUT2D eigenvalue weighted by Crippen LogP contribution is -2.25. The number of carbonyl (C=O) groups excluding carboxylic acids is 1. The molecule has 3 nitrogen and oxygen atoms in total. The van der Waals surface area contributed by atoms with Crippen LogP contribution >= 0.6 is 15.9 Å². The van der Waals surface area contributed by atoms with Crippen molar-refractivity contribution in [2.75, 3.05) is 7.11 Å². The van der Waals surface area contributed by atoms with Crippen LogP contribution in [0.1, 0.15) is 5.56 Å². The molecule has 0 aliphatic rings. The van der Waals surface area contributed by atoms with Crippen molar-refractivity contribution in [2.24, 2.45) is 0 Å². The Bertz CT molecular complexity index is 409. The SMILES string of the molecule is COC(=O)C(O)Cc1c(Br)ccc(F)c1F. The average molecular weight is 295 g/mol. The Morgan fingerprint density at radius 1 is 1.56 bits per heavy atom. The molecule has 88 valence electrons. The Morgan fingerprint density at radius 3 is 2.75 bits per heavy atom. The van der Waals surface area contributed by atoms with Gasteiger partial charge in [0, 0.05) is 16.5 Å². The van der Waals surface area contributed by atoms with Gasteiger partial charge >= 0.3 is 5.97 Å². The number of esters is 1. The second kappa shape index (κ2) is 5.36. The second-order valence-corrected chi connectivity index (χ2v) is 3.92. The van der Waals surface area contributed by atoms with E-state index < -0.39 is 23.7 Å². The fourth-order valence-corrected chi connectivity index (χ4v) is 1.64. The van der Waals surface area contributed by atoms with Crippen LogP contribution < -0.4 is 0 Å². The van der Waals surface area contributed by atoms with Gasteiger partial charge in [-0.25, -0.2) is 13.6 Å². The maximum absolute atomic E-state index is 13.3. The molecule has 0 radical (unpaired) electrons. The highest BCUT2D eigenvalue weighted by Gasteiger charge is 2.21. The number of rotatable bonds is 3. The lowest BCUT2D eigenvalue weighted by molar-refractivity contribution is -0.150. The lowest BCUT2D eigenvalue weighted by atomic mass is 10.1. The van der Waals surface area contributed by atoms with E-state index >= 15 is 0 Å². The summed E-state index contributed by atoms with van der Waals surface area (Å²) in [7, 11) is 1.10. The highest BCUT2D eigenvalue weighted by molar-refractivity contribution is 9.10. The number of halogens is 3. The van der Waals surface area contributed by atoms with E-state index in [2.05, 4.69) is 20.7 Å². The van der Waals surface area contributed by atoms with Crippen molar-refractivity contribution < 1.29 is 23.4 Å². The minimum Gasteiger partial charge on any atom is -0.467 e. The third kappa shape index (κ3) is 2.76. The standard InChI is InChI=1S/C10H9BrF2O3/c1-16-10(15)8(14)4-5-6(11)2-3-7(12)9(5)13/h2-3,8,14H,4H2,1H3. The van der Waals surface area contributed by atoms with Crippen molar-refractivity contribution in [1.82, 2.24) is 0 Å². The zero-order valence-corrected chi connectivity index (χ0v) is 9.92. The van der Waals surface area contributed by atoms with Crippen molar-refractivity contribution in [3.05, 3.63) is 33.8 Å². The molecule has 0 aliphatic heterocycles. The molecule has 1 rings (SSSR count). The highest BCUT2D eigenvalue weighted by atomic mass is 79.9. The topological polar surface area (TPSA) is 46.5 Å². The molecular formula is C10H9BrF2O3. The van der Waals surface area contributed by atoms with Crippen LogP contribution in [0.3, 0.4) is 0 Å². The number of hydrogen-bond acceptors (Lipinski definition) is 3. The zero-order valence-electron chi connectivity index (χ0n) is 8.34. The van der Waals surface area contributed by atoms with Gasteiger partial charge < -0.3 is 9.84 Å². The number of carbonyl (C=O) groups is 1. The number of benzene rings is 1. The third-order valence-corrected chi connectivity index (χ3v) is 2.75. The van der Waals surface area contributed by atoms with Gasteiger partial charge in [-0.15, -0.1) is 0 Å². The van der Waals surface area contributed by atoms with Crippen LogP contribution in [0.15, 0.2) is 16.6 Å². The molecule has 1 atom stereocenters. The first-order valence-electron chi connectivity index (χ1n) is 4.35. The van der Waals surface area contributed by atoms with E-state index in [4.69, 9.17) is 0 Å². The summed E-state index contributed by atoms with van der Waals surface area (Å²) >= 11 is 3.01. The number of ether oxygens (including phenoxy) is 1. The number of hydrogen-bond donors (Lipinski definition) is 1. The molecule has 0 amide bonds. The van der Waals surface area contributed by atoms with E-state index in [1.54, 1.807) is 0 Å². The van der Waals surface area contributed by atoms with E-state index in [9.17, 15) is 18.7 Å². The van der Waals surface area contributed by atoms with Gasteiger partial charge in [0.1, 0.15) is 0 Å². The smallest absolute Gasteiger partial charge is 0.335 e. The van der Waals surface area contributed by atoms with E-state index in [0.717, 1.165) is 13.2 Å². The quantitative estimate of drug-likeness (QED) is 0.683. The summed E-state index contributed by atoms with van der Waals surface area (Å²) in [6.45, 7) is 0. The molecule has 1 unspecified atom stereocenters. The monoisotopic (exact) mass is 294 g/mol. The van der Waals surface area contributed by atoms with Gasteiger partial charge in [0.05, 0.1) is 7.11 Å². The van der Waals surface area contributed by atoms with Crippen molar-refractivity contribution in [2.45, 2.75) is 12.5 Å². The Morgan fingerprint density at radius 2 is 2.19 bits per heavy atom. The van der Waals surface area contributed by atoms with E-state index in [1.165, 1.54) is 6.07 Å². The molecule has 1 aromatic carbocycles. The molecule has 0 aliphatic carbocycles. The molecular weight excluding hydrogens is 286 g/mol. The molecule has 16 heavy (non-hydrogen) atoms. The number of methoxy groups -OCH3 is 1. The van der Waals surface area contributed by atoms with Gasteiger partial charge in [-0.05, 0) is 12.1 Å². The molecule has 0 saturated heterocycles. The average Bonchev–Trinajstić information content (AvgIpc) is 2.28. The van der Waals surface area contributed by atoms with Crippen LogP contribution in [-0.4, -0.2) is 24.3 Å². The Balaban J connectivity index is 2.97. The normalized spacial score (nSPS) is 12.3. The van der Waals surface area contributed by atoms with Crippen LogP contribution in [0.2, 0.25) is 0 Å². The molecule has 0 saturated carbocycles. The van der Waals surface area contributed by atoms with Gasteiger partial charge in [-0.3, -0.25) is 0 Å². The molecule has 0 bridgehead atoms. The minimum atomic E-state index is -1.52. The molecule has 0 fully saturated rings. The van der Waals surface area contributed by atoms with Crippen molar-refractivity contribution >= 4 is 21.9 Å². The fraction of sp³-hybridized carbons (Fsp3) is 0.300. The van der Waals surface area contributed by atoms with Crippen LogP contribution in [-0.2, 0) is 16.0 Å². The van der Waals surface area contributed by atoms with Gasteiger partial charge in [0.25, 0.3) is 0 Å². The lowest BCUT2D eigenvalue weighted by Gasteiger charge is -2.10. The van der Waals surface area contributed by atoms with E-state index in [0.29, 0.717) is 0 Å². The summed E-state index contributed by atoms with van der Waals surface area (Å²) < 4.78 is 30.8. The van der Waals surface area contributed by atoms with Crippen LogP contribution in [0, 0.1) is 11.6 Å². The third-order valence-electron chi connectivity index (χ3n) is 2.01. The van der Waals surface area contributed by atoms with Gasteiger partial charge in [-0.2, -0.15) is 0 Å². The van der Waals surface area contributed by atoms with Crippen molar-refractivity contribution in [3.8, 4) is 0 Å². The van der Waals surface area contributed by atoms with E-state index in [-0.39, 0.29) is 16.5 Å². The molecule has 6 heteroatoms. The predicted molar refractivity (Wildman–Crippen MR) is 55.8 cm³/mol. The van der Waals surface area contributed by atoms with Gasteiger partial charge in [-0.1, -0.05) is 15.9 Å². The van der Waals surface area contributed by atoms with Crippen LogP contribution in [0.25, 0.3) is 0 Å². The first-order chi connectivity index (χ1) is 7.47. The summed E-state index contributed by atoms with van der Waals surface area (Å²) in [6.07, 6.45) is -1.87. The first kappa shape index (κ1) is 13.1. The number of aliphatic hydroxyl groups is 1. The summed E-state index contributed by atoms with van der Waals surface area (Å²) in [5.74, 6) is -3.01. The molecule has 0 heterocycles. The van der Waals surface area contributed by atoms with Crippen molar-refractivity contribution in [3.63, 3.8) is 0 Å². The largest absolute Gasteiger partial charge is 0.467 e. The fourth-order valence-electron chi connectivity index (χ4n) is 1.17. The Labute approximate surface area is 99.2 Å². The molecule has 1 N–H and O–H groups in total. The van der Waals surface area contributed by atoms with Crippen molar-refractivity contribution in [1.29, 1.82) is 0 Å². The highest BCUT2D eigenvalue weighted by Crippen LogP contribution is 2.23. The molecule has 1 aromatic rings. The Hall–Kier alpha value is -1.01.